The van der Waals surface area contributed by atoms with Crippen molar-refractivity contribution in [1.29, 1.82) is 0 Å². The van der Waals surface area contributed by atoms with Crippen LogP contribution in [0.15, 0.2) is 0 Å². The molecule has 1 aliphatic rings. The molecule has 1 saturated heterocycles. The van der Waals surface area contributed by atoms with E-state index in [-0.39, 0.29) is 0 Å². The third-order valence-electron chi connectivity index (χ3n) is 1.34. The summed E-state index contributed by atoms with van der Waals surface area (Å²) in [5.41, 5.74) is 0. The van der Waals surface area contributed by atoms with Crippen LogP contribution in [-0.2, 0) is 9.47 Å². The largest absolute Gasteiger partial charge is 0.376 e. The molecule has 0 aromatic heterocycles. The highest BCUT2D eigenvalue weighted by Gasteiger charge is 2.20. The van der Waals surface area contributed by atoms with E-state index in [0.717, 1.165) is 22.1 Å². The molecule has 4 heteroatoms. The van der Waals surface area contributed by atoms with Crippen LogP contribution in [-0.4, -0.2) is 34.3 Å². The van der Waals surface area contributed by atoms with Gasteiger partial charge in [-0.05, 0) is 0 Å². The number of rotatable bonds is 2. The summed E-state index contributed by atoms with van der Waals surface area (Å²) in [5, 5.41) is 0. The highest BCUT2D eigenvalue weighted by Crippen LogP contribution is 2.11. The Hall–Kier alpha value is 1.38. The Morgan fingerprint density at radius 3 is 2.00 bits per heavy atom. The lowest BCUT2D eigenvalue weighted by molar-refractivity contribution is -0.117. The fourth-order valence-electron chi connectivity index (χ4n) is 0.843. The normalized spacial score (nSPS) is 34.2. The van der Waals surface area contributed by atoms with E-state index in [1.54, 1.807) is 0 Å². The number of ether oxygens (including phenoxy) is 2. The smallest absolute Gasteiger partial charge is 0.0902 e. The molecule has 0 radical (unpaired) electrons. The first kappa shape index (κ1) is 9.47. The lowest BCUT2D eigenvalue weighted by Crippen LogP contribution is -2.37. The van der Waals surface area contributed by atoms with E-state index >= 15 is 0 Å². The summed E-state index contributed by atoms with van der Waals surface area (Å²) < 4.78 is 13.1. The maximum atomic E-state index is 5.64. The van der Waals surface area contributed by atoms with Crippen molar-refractivity contribution >= 4 is 45.2 Å². The van der Waals surface area contributed by atoms with Gasteiger partial charge in [0.15, 0.2) is 0 Å². The molecule has 0 aliphatic carbocycles. The molecule has 0 unspecified atom stereocenters. The SMILES string of the molecule is IC[C@@H]1COC[C@@H](CI)O1. The quantitative estimate of drug-likeness (QED) is 0.545. The monoisotopic (exact) mass is 368 g/mol. The minimum Gasteiger partial charge on any atom is -0.376 e. The van der Waals surface area contributed by atoms with Crippen LogP contribution in [0.5, 0.6) is 0 Å². The molecule has 1 fully saturated rings. The zero-order valence-corrected chi connectivity index (χ0v) is 9.87. The van der Waals surface area contributed by atoms with Crippen molar-refractivity contribution in [2.75, 3.05) is 22.1 Å². The van der Waals surface area contributed by atoms with E-state index in [2.05, 4.69) is 45.2 Å². The van der Waals surface area contributed by atoms with Gasteiger partial charge in [0.25, 0.3) is 0 Å². The van der Waals surface area contributed by atoms with Crippen molar-refractivity contribution in [2.24, 2.45) is 0 Å². The summed E-state index contributed by atoms with van der Waals surface area (Å²) >= 11 is 4.65. The van der Waals surface area contributed by atoms with Crippen molar-refractivity contribution in [2.45, 2.75) is 12.2 Å². The molecule has 2 atom stereocenters. The van der Waals surface area contributed by atoms with Crippen LogP contribution in [0.25, 0.3) is 0 Å². The minimum absolute atomic E-state index is 0.328. The Morgan fingerprint density at radius 2 is 1.60 bits per heavy atom. The number of hydrogen-bond donors (Lipinski definition) is 0. The maximum absolute atomic E-state index is 5.64. The van der Waals surface area contributed by atoms with E-state index in [4.69, 9.17) is 9.47 Å². The second kappa shape index (κ2) is 5.10. The van der Waals surface area contributed by atoms with E-state index < -0.39 is 0 Å². The molecular formula is C6H10I2O2. The van der Waals surface area contributed by atoms with Gasteiger partial charge < -0.3 is 9.47 Å². The minimum atomic E-state index is 0.328. The van der Waals surface area contributed by atoms with Crippen molar-refractivity contribution in [3.63, 3.8) is 0 Å². The molecule has 0 aromatic rings. The van der Waals surface area contributed by atoms with Gasteiger partial charge in [0.2, 0.25) is 0 Å². The summed E-state index contributed by atoms with van der Waals surface area (Å²) in [4.78, 5) is 0. The molecule has 0 N–H and O–H groups in total. The van der Waals surface area contributed by atoms with Gasteiger partial charge in [-0.3, -0.25) is 0 Å². The van der Waals surface area contributed by atoms with E-state index in [9.17, 15) is 0 Å². The van der Waals surface area contributed by atoms with Crippen LogP contribution in [0.2, 0.25) is 0 Å². The van der Waals surface area contributed by atoms with Gasteiger partial charge in [0.1, 0.15) is 0 Å². The summed E-state index contributed by atoms with van der Waals surface area (Å²) in [6.45, 7) is 1.55. The summed E-state index contributed by atoms with van der Waals surface area (Å²) in [5.74, 6) is 0. The predicted octanol–water partition coefficient (Wildman–Crippen LogP) is 1.64. The van der Waals surface area contributed by atoms with E-state index in [1.165, 1.54) is 0 Å². The first-order valence-corrected chi connectivity index (χ1v) is 6.27. The molecule has 0 bridgehead atoms. The van der Waals surface area contributed by atoms with Gasteiger partial charge in [-0.25, -0.2) is 0 Å². The molecule has 10 heavy (non-hydrogen) atoms. The Kier molecular flexibility index (Phi) is 4.83. The van der Waals surface area contributed by atoms with Crippen LogP contribution in [0, 0.1) is 0 Å². The van der Waals surface area contributed by atoms with Crippen molar-refractivity contribution in [3.05, 3.63) is 0 Å². The molecular weight excluding hydrogens is 358 g/mol. The van der Waals surface area contributed by atoms with Gasteiger partial charge in [0, 0.05) is 8.86 Å². The third kappa shape index (κ3) is 2.78. The second-order valence-corrected chi connectivity index (χ2v) is 3.99. The van der Waals surface area contributed by atoms with Gasteiger partial charge in [-0.2, -0.15) is 0 Å². The molecule has 1 heterocycles. The highest BCUT2D eigenvalue weighted by molar-refractivity contribution is 14.1. The fraction of sp³-hybridized carbons (Fsp3) is 1.00. The van der Waals surface area contributed by atoms with Crippen molar-refractivity contribution < 1.29 is 9.47 Å². The van der Waals surface area contributed by atoms with Crippen LogP contribution < -0.4 is 0 Å². The average molecular weight is 368 g/mol. The lowest BCUT2D eigenvalue weighted by atomic mass is 10.3. The van der Waals surface area contributed by atoms with Crippen molar-refractivity contribution in [3.8, 4) is 0 Å². The molecule has 0 saturated carbocycles. The zero-order valence-electron chi connectivity index (χ0n) is 5.56. The van der Waals surface area contributed by atoms with Gasteiger partial charge in [-0.15, -0.1) is 0 Å². The van der Waals surface area contributed by atoms with Crippen LogP contribution >= 0.6 is 45.2 Å². The topological polar surface area (TPSA) is 18.5 Å². The van der Waals surface area contributed by atoms with Crippen LogP contribution in [0.4, 0.5) is 0 Å². The maximum Gasteiger partial charge on any atom is 0.0902 e. The molecule has 2 nitrogen and oxygen atoms in total. The Morgan fingerprint density at radius 1 is 1.10 bits per heavy atom. The number of alkyl halides is 2. The predicted molar refractivity (Wildman–Crippen MR) is 57.3 cm³/mol. The summed E-state index contributed by atoms with van der Waals surface area (Å²) in [6, 6.07) is 0. The standard InChI is InChI=1S/C6H10I2O2/c7-1-5-3-9-4-6(2-8)10-5/h5-6H,1-4H2/t5-,6-/m1/s1. The lowest BCUT2D eigenvalue weighted by Gasteiger charge is -2.27. The Balaban J connectivity index is 2.25. The van der Waals surface area contributed by atoms with Crippen LogP contribution in [0.1, 0.15) is 0 Å². The molecule has 1 rings (SSSR count). The first-order chi connectivity index (χ1) is 4.86. The van der Waals surface area contributed by atoms with Crippen LogP contribution in [0.3, 0.4) is 0 Å². The number of hydrogen-bond acceptors (Lipinski definition) is 2. The fourth-order valence-corrected chi connectivity index (χ4v) is 1.77. The molecule has 0 spiro atoms. The summed E-state index contributed by atoms with van der Waals surface area (Å²) in [6.07, 6.45) is 0.656. The third-order valence-corrected chi connectivity index (χ3v) is 3.30. The van der Waals surface area contributed by atoms with Gasteiger partial charge >= 0.3 is 0 Å². The summed E-state index contributed by atoms with van der Waals surface area (Å²) in [7, 11) is 0. The van der Waals surface area contributed by atoms with Gasteiger partial charge in [0.05, 0.1) is 25.4 Å². The van der Waals surface area contributed by atoms with E-state index in [0.29, 0.717) is 12.2 Å². The van der Waals surface area contributed by atoms with Gasteiger partial charge in [-0.1, -0.05) is 45.2 Å². The molecule has 0 aromatic carbocycles. The average Bonchev–Trinajstić information content (AvgIpc) is 2.05. The van der Waals surface area contributed by atoms with Crippen molar-refractivity contribution in [1.82, 2.24) is 0 Å². The zero-order chi connectivity index (χ0) is 7.40. The highest BCUT2D eigenvalue weighted by atomic mass is 127. The first-order valence-electron chi connectivity index (χ1n) is 3.22. The second-order valence-electron chi connectivity index (χ2n) is 2.23. The number of halogens is 2. The van der Waals surface area contributed by atoms with E-state index in [1.807, 2.05) is 0 Å². The Bertz CT molecular complexity index is 89.7. The Labute approximate surface area is 88.3 Å². The molecule has 60 valence electrons. The molecule has 0 amide bonds. The molecule has 1 aliphatic heterocycles.